The average molecular weight is 419 g/mol. The van der Waals surface area contributed by atoms with Crippen LogP contribution in [-0.2, 0) is 0 Å². The van der Waals surface area contributed by atoms with Gasteiger partial charge in [0, 0.05) is 22.7 Å². The lowest BCUT2D eigenvalue weighted by Gasteiger charge is -2.02. The molecule has 0 amide bonds. The number of rotatable bonds is 6. The van der Waals surface area contributed by atoms with Crippen LogP contribution in [0.1, 0.15) is 30.5 Å². The van der Waals surface area contributed by atoms with E-state index >= 15 is 0 Å². The third kappa shape index (κ3) is 3.30. The zero-order valence-corrected chi connectivity index (χ0v) is 16.4. The van der Waals surface area contributed by atoms with Gasteiger partial charge in [0.05, 0.1) is 12.1 Å². The molecule has 2 aromatic carbocycles. The van der Waals surface area contributed by atoms with Crippen molar-refractivity contribution < 1.29 is 24.9 Å². The summed E-state index contributed by atoms with van der Waals surface area (Å²) in [5, 5.41) is 30.1. The van der Waals surface area contributed by atoms with E-state index in [2.05, 4.69) is 4.98 Å². The second-order valence-electron chi connectivity index (χ2n) is 6.54. The largest absolute Gasteiger partial charge is 0.506 e. The molecule has 0 bridgehead atoms. The molecule has 2 aromatic heterocycles. The molecule has 4 rings (SSSR count). The van der Waals surface area contributed by atoms with Gasteiger partial charge in [-0.25, -0.2) is 4.79 Å². The van der Waals surface area contributed by atoms with E-state index in [1.807, 2.05) is 6.07 Å². The predicted molar refractivity (Wildman–Crippen MR) is 116 cm³/mol. The Morgan fingerprint density at radius 1 is 1.03 bits per heavy atom. The van der Waals surface area contributed by atoms with Crippen LogP contribution in [0.25, 0.3) is 28.1 Å². The topological polar surface area (TPSA) is 111 Å². The minimum atomic E-state index is -1.21. The summed E-state index contributed by atoms with van der Waals surface area (Å²) >= 11 is 0.762. The zero-order valence-electron chi connectivity index (χ0n) is 15.6. The van der Waals surface area contributed by atoms with Crippen LogP contribution < -0.4 is 0 Å². The number of hydrogen-bond donors (Lipinski definition) is 4. The number of carbonyl (C=O) groups excluding carboxylic acids is 1. The van der Waals surface area contributed by atoms with Crippen molar-refractivity contribution in [1.82, 2.24) is 4.98 Å². The van der Waals surface area contributed by atoms with E-state index in [1.165, 1.54) is 0 Å². The van der Waals surface area contributed by atoms with Crippen LogP contribution in [0.3, 0.4) is 0 Å². The van der Waals surface area contributed by atoms with Crippen LogP contribution in [0.2, 0.25) is 0 Å². The number of thiophene rings is 1. The van der Waals surface area contributed by atoms with Gasteiger partial charge in [0.1, 0.15) is 15.5 Å². The number of carboxylic acid groups (broad SMARTS) is 1. The Bertz CT molecular complexity index is 1280. The van der Waals surface area contributed by atoms with Gasteiger partial charge in [-0.3, -0.25) is 4.79 Å². The van der Waals surface area contributed by atoms with Gasteiger partial charge in [-0.1, -0.05) is 60.7 Å². The smallest absolute Gasteiger partial charge is 0.346 e. The first-order chi connectivity index (χ1) is 14.5. The molecule has 0 saturated heterocycles. The lowest BCUT2D eigenvalue weighted by Crippen LogP contribution is -1.98. The van der Waals surface area contributed by atoms with Crippen LogP contribution >= 0.6 is 11.3 Å². The van der Waals surface area contributed by atoms with Gasteiger partial charge >= 0.3 is 5.97 Å². The van der Waals surface area contributed by atoms with Gasteiger partial charge in [0.2, 0.25) is 5.78 Å². The highest BCUT2D eigenvalue weighted by Crippen LogP contribution is 2.43. The number of aromatic hydroxyl groups is 1. The predicted octanol–water partition coefficient (Wildman–Crippen LogP) is 4.54. The molecule has 0 radical (unpaired) electrons. The van der Waals surface area contributed by atoms with E-state index in [0.29, 0.717) is 22.0 Å². The van der Waals surface area contributed by atoms with E-state index in [1.54, 1.807) is 60.8 Å². The van der Waals surface area contributed by atoms with Crippen molar-refractivity contribution in [3.8, 4) is 16.9 Å². The number of aromatic amines is 1. The molecule has 0 fully saturated rings. The standard InChI is InChI=1S/C23H17NO5S/c25-11-5-9-14-8-4-10-15-16(12-24-18(14)15)19(26)22-20(27)17(21(30-22)23(28)29)13-6-2-1-3-7-13/h1-10,12,24-25,27H,11H2,(H,28,29)/b9-5+. The summed E-state index contributed by atoms with van der Waals surface area (Å²) in [6, 6.07) is 14.0. The van der Waals surface area contributed by atoms with Gasteiger partial charge in [-0.15, -0.1) is 11.3 Å². The van der Waals surface area contributed by atoms with Crippen molar-refractivity contribution in [2.75, 3.05) is 6.61 Å². The third-order valence-electron chi connectivity index (χ3n) is 4.74. The van der Waals surface area contributed by atoms with Crippen molar-refractivity contribution in [3.63, 3.8) is 0 Å². The first-order valence-electron chi connectivity index (χ1n) is 9.09. The number of benzene rings is 2. The maximum atomic E-state index is 13.3. The Morgan fingerprint density at radius 3 is 2.50 bits per heavy atom. The Labute approximate surface area is 175 Å². The Hall–Kier alpha value is -3.68. The molecule has 4 N–H and O–H groups in total. The number of ketones is 1. The molecule has 0 atom stereocenters. The highest BCUT2D eigenvalue weighted by atomic mass is 32.1. The Kier molecular flexibility index (Phi) is 5.22. The SMILES string of the molecule is O=C(O)c1sc(C(=O)c2c[nH]c3c(/C=C/CO)cccc23)c(O)c1-c1ccccc1. The number of fused-ring (bicyclic) bond motifs is 1. The molecule has 7 heteroatoms. The maximum absolute atomic E-state index is 13.3. The summed E-state index contributed by atoms with van der Waals surface area (Å²) in [5.74, 6) is -2.00. The zero-order chi connectivity index (χ0) is 21.3. The minimum Gasteiger partial charge on any atom is -0.506 e. The molecule has 6 nitrogen and oxygen atoms in total. The number of aliphatic hydroxyl groups is 1. The second-order valence-corrected chi connectivity index (χ2v) is 7.56. The Morgan fingerprint density at radius 2 is 1.80 bits per heavy atom. The average Bonchev–Trinajstić information content (AvgIpc) is 3.34. The van der Waals surface area contributed by atoms with Gasteiger partial charge in [0.15, 0.2) is 0 Å². The molecule has 0 aliphatic carbocycles. The van der Waals surface area contributed by atoms with Crippen LogP contribution in [0.15, 0.2) is 60.8 Å². The van der Waals surface area contributed by atoms with Crippen molar-refractivity contribution in [3.05, 3.63) is 81.7 Å². The molecular formula is C23H17NO5S. The van der Waals surface area contributed by atoms with E-state index in [-0.39, 0.29) is 27.7 Å². The van der Waals surface area contributed by atoms with E-state index in [4.69, 9.17) is 5.11 Å². The number of aromatic carboxylic acids is 1. The lowest BCUT2D eigenvalue weighted by atomic mass is 10.0. The molecular weight excluding hydrogens is 402 g/mol. The number of carbonyl (C=O) groups is 2. The highest BCUT2D eigenvalue weighted by Gasteiger charge is 2.28. The summed E-state index contributed by atoms with van der Waals surface area (Å²) < 4.78 is 0. The van der Waals surface area contributed by atoms with Crippen molar-refractivity contribution in [1.29, 1.82) is 0 Å². The van der Waals surface area contributed by atoms with Gasteiger partial charge < -0.3 is 20.3 Å². The normalized spacial score (nSPS) is 11.4. The number of aromatic nitrogens is 1. The summed E-state index contributed by atoms with van der Waals surface area (Å²) in [5.41, 5.74) is 2.51. The third-order valence-corrected chi connectivity index (χ3v) is 5.91. The number of carboxylic acids is 1. The fraction of sp³-hybridized carbons (Fsp3) is 0.0435. The lowest BCUT2D eigenvalue weighted by molar-refractivity contribution is 0.0702. The second kappa shape index (κ2) is 7.98. The summed E-state index contributed by atoms with van der Waals surface area (Å²) in [4.78, 5) is 28.0. The summed E-state index contributed by atoms with van der Waals surface area (Å²) in [7, 11) is 0. The molecule has 2 heterocycles. The van der Waals surface area contributed by atoms with Crippen LogP contribution in [0, 0.1) is 0 Å². The van der Waals surface area contributed by atoms with Gasteiger partial charge in [0.25, 0.3) is 0 Å². The molecule has 30 heavy (non-hydrogen) atoms. The molecule has 0 aliphatic rings. The molecule has 0 spiro atoms. The molecule has 0 unspecified atom stereocenters. The first kappa shape index (κ1) is 19.6. The number of H-pyrrole nitrogens is 1. The van der Waals surface area contributed by atoms with Crippen molar-refractivity contribution >= 4 is 40.1 Å². The fourth-order valence-electron chi connectivity index (χ4n) is 3.41. The van der Waals surface area contributed by atoms with Crippen LogP contribution in [0.5, 0.6) is 5.75 Å². The fourth-order valence-corrected chi connectivity index (χ4v) is 4.42. The van der Waals surface area contributed by atoms with E-state index in [0.717, 1.165) is 16.9 Å². The summed E-state index contributed by atoms with van der Waals surface area (Å²) in [6.45, 7) is -0.105. The molecule has 0 saturated carbocycles. The van der Waals surface area contributed by atoms with Gasteiger partial charge in [-0.2, -0.15) is 0 Å². The number of hydrogen-bond acceptors (Lipinski definition) is 5. The number of para-hydroxylation sites is 1. The minimum absolute atomic E-state index is 0.0246. The quantitative estimate of drug-likeness (QED) is 0.343. The molecule has 0 aliphatic heterocycles. The number of aliphatic hydroxyl groups excluding tert-OH is 1. The highest BCUT2D eigenvalue weighted by molar-refractivity contribution is 7.17. The monoisotopic (exact) mass is 419 g/mol. The van der Waals surface area contributed by atoms with Gasteiger partial charge in [-0.05, 0) is 11.1 Å². The van der Waals surface area contributed by atoms with E-state index in [9.17, 15) is 19.8 Å². The number of nitrogens with one attached hydrogen (secondary N) is 1. The maximum Gasteiger partial charge on any atom is 0.346 e. The summed E-state index contributed by atoms with van der Waals surface area (Å²) in [6.07, 6.45) is 4.88. The van der Waals surface area contributed by atoms with Crippen LogP contribution in [0.4, 0.5) is 0 Å². The van der Waals surface area contributed by atoms with E-state index < -0.39 is 11.8 Å². The Balaban J connectivity index is 1.85. The van der Waals surface area contributed by atoms with Crippen molar-refractivity contribution in [2.24, 2.45) is 0 Å². The van der Waals surface area contributed by atoms with Crippen LogP contribution in [-0.4, -0.2) is 38.7 Å². The first-order valence-corrected chi connectivity index (χ1v) is 9.91. The molecule has 150 valence electrons. The van der Waals surface area contributed by atoms with Crippen molar-refractivity contribution in [2.45, 2.75) is 0 Å². The molecule has 4 aromatic rings.